The van der Waals surface area contributed by atoms with Crippen molar-refractivity contribution >= 4 is 27.1 Å². The lowest BCUT2D eigenvalue weighted by Gasteiger charge is -2.21. The quantitative estimate of drug-likeness (QED) is 0.342. The monoisotopic (exact) mass is 505 g/mol. The molecule has 0 spiro atoms. The Morgan fingerprint density at radius 1 is 1.14 bits per heavy atom. The molecule has 1 aromatic carbocycles. The van der Waals surface area contributed by atoms with E-state index in [9.17, 15) is 18.3 Å². The Hall–Kier alpha value is -3.11. The third kappa shape index (κ3) is 6.32. The van der Waals surface area contributed by atoms with Crippen molar-refractivity contribution in [2.45, 2.75) is 38.1 Å². The molecule has 0 radical (unpaired) electrons. The van der Waals surface area contributed by atoms with Crippen LogP contribution in [-0.4, -0.2) is 62.9 Å². The highest BCUT2D eigenvalue weighted by Gasteiger charge is 2.24. The van der Waals surface area contributed by atoms with Gasteiger partial charge in [-0.25, -0.2) is 13.3 Å². The fourth-order valence-corrected chi connectivity index (χ4v) is 4.70. The number of aromatic hydroxyl groups is 1. The van der Waals surface area contributed by atoms with E-state index in [1.165, 1.54) is 49.7 Å². The van der Waals surface area contributed by atoms with Crippen LogP contribution in [0.25, 0.3) is 4.85 Å². The van der Waals surface area contributed by atoms with Crippen molar-refractivity contribution in [2.75, 3.05) is 40.5 Å². The van der Waals surface area contributed by atoms with E-state index in [-0.39, 0.29) is 60.1 Å². The van der Waals surface area contributed by atoms with E-state index in [0.717, 1.165) is 4.57 Å². The van der Waals surface area contributed by atoms with E-state index < -0.39 is 15.6 Å². The van der Waals surface area contributed by atoms with Gasteiger partial charge in [0.05, 0.1) is 30.4 Å². The minimum atomic E-state index is -3.78. The van der Waals surface area contributed by atoms with Crippen LogP contribution in [0.15, 0.2) is 44.2 Å². The number of nitrogens with zero attached hydrogens (tertiary/aromatic N) is 5. The number of benzene rings is 1. The summed E-state index contributed by atoms with van der Waals surface area (Å²) in [6, 6.07) is 5.44. The van der Waals surface area contributed by atoms with Crippen LogP contribution < -0.4 is 5.56 Å². The molecule has 0 amide bonds. The molecule has 0 aliphatic heterocycles. The number of sulfonamides is 1. The molecule has 35 heavy (non-hydrogen) atoms. The molecular formula is C23H31N5O6S. The third-order valence-corrected chi connectivity index (χ3v) is 7.46. The van der Waals surface area contributed by atoms with Crippen molar-refractivity contribution in [1.82, 2.24) is 8.87 Å². The second-order valence-electron chi connectivity index (χ2n) is 7.77. The van der Waals surface area contributed by atoms with E-state index in [1.807, 2.05) is 6.92 Å². The van der Waals surface area contributed by atoms with E-state index in [0.29, 0.717) is 12.1 Å². The van der Waals surface area contributed by atoms with Crippen molar-refractivity contribution in [3.05, 3.63) is 51.6 Å². The normalized spacial score (nSPS) is 12.8. The first-order valence-corrected chi connectivity index (χ1v) is 12.4. The summed E-state index contributed by atoms with van der Waals surface area (Å²) in [5.74, 6) is -0.371. The van der Waals surface area contributed by atoms with Gasteiger partial charge >= 0.3 is 0 Å². The van der Waals surface area contributed by atoms with Crippen molar-refractivity contribution in [1.29, 1.82) is 0 Å². The molecule has 0 fully saturated rings. The highest BCUT2D eigenvalue weighted by Crippen LogP contribution is 2.37. The number of hydrogen-bond donors (Lipinski definition) is 1. The standard InChI is InChI=1S/C23H31N5O6S/c1-7-16(2)28-22(29)20(24-4)17(3)21(23(28)30)26-25-18-8-10-19(11-9-18)35(31,32)27(12-14-33-5)13-15-34-6/h8-11,16,30H,7,12-15H2,1-3,5-6H3/b26-25+. The Morgan fingerprint density at radius 2 is 1.71 bits per heavy atom. The van der Waals surface area contributed by atoms with E-state index >= 15 is 0 Å². The zero-order valence-corrected chi connectivity index (χ0v) is 21.4. The molecule has 190 valence electrons. The van der Waals surface area contributed by atoms with Gasteiger partial charge in [0.2, 0.25) is 15.9 Å². The third-order valence-electron chi connectivity index (χ3n) is 5.54. The molecule has 2 aromatic rings. The van der Waals surface area contributed by atoms with Crippen molar-refractivity contribution < 1.29 is 23.0 Å². The fraction of sp³-hybridized carbons (Fsp3) is 0.478. The van der Waals surface area contributed by atoms with Crippen LogP contribution in [0.1, 0.15) is 31.9 Å². The van der Waals surface area contributed by atoms with Crippen LogP contribution in [-0.2, 0) is 19.5 Å². The van der Waals surface area contributed by atoms with Crippen LogP contribution in [0.5, 0.6) is 5.88 Å². The molecule has 2 rings (SSSR count). The topological polar surface area (TPSA) is 127 Å². The Kier molecular flexibility index (Phi) is 10.1. The summed E-state index contributed by atoms with van der Waals surface area (Å²) in [7, 11) is -0.792. The Bertz CT molecular complexity index is 1240. The predicted octanol–water partition coefficient (Wildman–Crippen LogP) is 4.08. The number of methoxy groups -OCH3 is 2. The largest absolute Gasteiger partial charge is 0.493 e. The SMILES string of the molecule is [C-]#[N+]c1c(C)c(/N=N/c2ccc(S(=O)(=O)N(CCOC)CCOC)cc2)c(O)n(C(C)CC)c1=O. The molecule has 1 aromatic heterocycles. The first-order chi connectivity index (χ1) is 16.6. The number of hydrogen-bond acceptors (Lipinski definition) is 8. The van der Waals surface area contributed by atoms with E-state index in [4.69, 9.17) is 16.0 Å². The van der Waals surface area contributed by atoms with Crippen LogP contribution >= 0.6 is 0 Å². The molecule has 0 aliphatic rings. The van der Waals surface area contributed by atoms with E-state index in [1.54, 1.807) is 6.92 Å². The maximum atomic E-state index is 13.0. The van der Waals surface area contributed by atoms with Gasteiger partial charge in [-0.1, -0.05) is 6.92 Å². The van der Waals surface area contributed by atoms with Crippen molar-refractivity contribution in [3.63, 3.8) is 0 Å². The highest BCUT2D eigenvalue weighted by molar-refractivity contribution is 7.89. The number of pyridine rings is 1. The highest BCUT2D eigenvalue weighted by atomic mass is 32.2. The Balaban J connectivity index is 2.41. The van der Waals surface area contributed by atoms with Crippen molar-refractivity contribution in [2.24, 2.45) is 10.2 Å². The van der Waals surface area contributed by atoms with Gasteiger partial charge in [0.15, 0.2) is 0 Å². The maximum absolute atomic E-state index is 13.0. The molecule has 0 saturated carbocycles. The van der Waals surface area contributed by atoms with Gasteiger partial charge in [0.25, 0.3) is 11.2 Å². The van der Waals surface area contributed by atoms with Gasteiger partial charge in [-0.2, -0.15) is 9.42 Å². The summed E-state index contributed by atoms with van der Waals surface area (Å²) in [5, 5.41) is 18.9. The summed E-state index contributed by atoms with van der Waals surface area (Å²) < 4.78 is 38.5. The second-order valence-corrected chi connectivity index (χ2v) is 9.71. The molecule has 0 bridgehead atoms. The lowest BCUT2D eigenvalue weighted by molar-refractivity contribution is 0.150. The molecule has 11 nitrogen and oxygen atoms in total. The van der Waals surface area contributed by atoms with Gasteiger partial charge in [0.1, 0.15) is 5.69 Å². The molecule has 1 unspecified atom stereocenters. The van der Waals surface area contributed by atoms with Crippen LogP contribution in [0, 0.1) is 13.5 Å². The number of aromatic nitrogens is 1. The lowest BCUT2D eigenvalue weighted by atomic mass is 10.1. The predicted molar refractivity (Wildman–Crippen MR) is 131 cm³/mol. The Labute approximate surface area is 205 Å². The first kappa shape index (κ1) is 28.1. The minimum absolute atomic E-state index is 0.0119. The van der Waals surface area contributed by atoms with Crippen LogP contribution in [0.3, 0.4) is 0 Å². The van der Waals surface area contributed by atoms with Crippen molar-refractivity contribution in [3.8, 4) is 5.88 Å². The molecule has 12 heteroatoms. The van der Waals surface area contributed by atoms with Gasteiger partial charge in [-0.05, 0) is 50.1 Å². The lowest BCUT2D eigenvalue weighted by Crippen LogP contribution is -2.36. The average molecular weight is 506 g/mol. The van der Waals surface area contributed by atoms with E-state index in [2.05, 4.69) is 15.1 Å². The van der Waals surface area contributed by atoms with Gasteiger partial charge in [-0.3, -0.25) is 9.36 Å². The molecule has 1 heterocycles. The molecular weight excluding hydrogens is 474 g/mol. The summed E-state index contributed by atoms with van der Waals surface area (Å²) in [6.07, 6.45) is 0.562. The molecule has 0 aliphatic carbocycles. The smallest absolute Gasteiger partial charge is 0.260 e. The zero-order valence-electron chi connectivity index (χ0n) is 20.6. The van der Waals surface area contributed by atoms with Crippen LogP contribution in [0.4, 0.5) is 17.1 Å². The number of azo groups is 1. The average Bonchev–Trinajstić information content (AvgIpc) is 2.84. The second kappa shape index (κ2) is 12.6. The minimum Gasteiger partial charge on any atom is -0.493 e. The van der Waals surface area contributed by atoms with Crippen LogP contribution in [0.2, 0.25) is 0 Å². The summed E-state index contributed by atoms with van der Waals surface area (Å²) in [4.78, 5) is 16.0. The summed E-state index contributed by atoms with van der Waals surface area (Å²) >= 11 is 0. The molecule has 1 atom stereocenters. The number of rotatable bonds is 12. The fourth-order valence-electron chi connectivity index (χ4n) is 3.29. The summed E-state index contributed by atoms with van der Waals surface area (Å²) in [6.45, 7) is 13.3. The zero-order chi connectivity index (χ0) is 26.2. The van der Waals surface area contributed by atoms with Gasteiger partial charge < -0.3 is 14.6 Å². The molecule has 1 N–H and O–H groups in total. The maximum Gasteiger partial charge on any atom is 0.260 e. The Morgan fingerprint density at radius 3 is 2.20 bits per heavy atom. The number of ether oxygens (including phenoxy) is 2. The van der Waals surface area contributed by atoms with Gasteiger partial charge in [0, 0.05) is 33.4 Å². The van der Waals surface area contributed by atoms with Gasteiger partial charge in [-0.15, -0.1) is 5.11 Å². The summed E-state index contributed by atoms with van der Waals surface area (Å²) in [5.41, 5.74) is -0.154. The first-order valence-electron chi connectivity index (χ1n) is 11.0. The molecule has 0 saturated heterocycles.